The van der Waals surface area contributed by atoms with Crippen molar-refractivity contribution >= 4 is 0 Å². The molecule has 0 bridgehead atoms. The highest BCUT2D eigenvalue weighted by Gasteiger charge is 2.02. The van der Waals surface area contributed by atoms with Crippen LogP contribution < -0.4 is 10.1 Å². The molecule has 0 saturated heterocycles. The van der Waals surface area contributed by atoms with Gasteiger partial charge in [0.2, 0.25) is 5.89 Å². The predicted octanol–water partition coefficient (Wildman–Crippen LogP) is 3.60. The fourth-order valence-corrected chi connectivity index (χ4v) is 2.42. The number of ether oxygens (including phenoxy) is 1. The van der Waals surface area contributed by atoms with E-state index in [4.69, 9.17) is 9.26 Å². The van der Waals surface area contributed by atoms with E-state index in [0.717, 1.165) is 25.3 Å². The minimum Gasteiger partial charge on any atom is -0.489 e. The normalized spacial score (nSPS) is 10.8. The van der Waals surface area contributed by atoms with Crippen LogP contribution in [0, 0.1) is 13.8 Å². The van der Waals surface area contributed by atoms with Crippen LogP contribution in [0.25, 0.3) is 0 Å². The van der Waals surface area contributed by atoms with Gasteiger partial charge in [-0.25, -0.2) is 0 Å². The Bertz CT molecular complexity index is 779. The summed E-state index contributed by atoms with van der Waals surface area (Å²) in [6.07, 6.45) is 0.735. The molecule has 0 aliphatic rings. The average Bonchev–Trinajstić information content (AvgIpc) is 3.04. The second-order valence-electron chi connectivity index (χ2n) is 6.08. The van der Waals surface area contributed by atoms with Crippen molar-refractivity contribution in [3.05, 3.63) is 76.9 Å². The van der Waals surface area contributed by atoms with Gasteiger partial charge in [0, 0.05) is 19.5 Å². The van der Waals surface area contributed by atoms with Crippen LogP contribution >= 0.6 is 0 Å². The van der Waals surface area contributed by atoms with E-state index in [1.807, 2.05) is 19.1 Å². The molecule has 1 aromatic heterocycles. The molecule has 0 fully saturated rings. The quantitative estimate of drug-likeness (QED) is 0.637. The molecule has 5 nitrogen and oxygen atoms in total. The topological polar surface area (TPSA) is 60.2 Å². The highest BCUT2D eigenvalue weighted by molar-refractivity contribution is 5.28. The van der Waals surface area contributed by atoms with E-state index in [0.29, 0.717) is 18.3 Å². The lowest BCUT2D eigenvalue weighted by atomic mass is 10.2. The van der Waals surface area contributed by atoms with Crippen molar-refractivity contribution in [3.8, 4) is 5.75 Å². The van der Waals surface area contributed by atoms with E-state index in [1.54, 1.807) is 0 Å². The Balaban J connectivity index is 1.40. The summed E-state index contributed by atoms with van der Waals surface area (Å²) in [6, 6.07) is 16.6. The lowest BCUT2D eigenvalue weighted by Gasteiger charge is -2.08. The molecule has 25 heavy (non-hydrogen) atoms. The number of rotatable bonds is 8. The zero-order valence-electron chi connectivity index (χ0n) is 14.7. The first kappa shape index (κ1) is 17.2. The first-order chi connectivity index (χ1) is 12.2. The molecule has 0 aliphatic carbocycles. The van der Waals surface area contributed by atoms with Crippen molar-refractivity contribution < 1.29 is 9.26 Å². The van der Waals surface area contributed by atoms with Crippen molar-refractivity contribution in [1.82, 2.24) is 15.5 Å². The Morgan fingerprint density at radius 3 is 2.36 bits per heavy atom. The maximum Gasteiger partial charge on any atom is 0.227 e. The van der Waals surface area contributed by atoms with Gasteiger partial charge in [-0.2, -0.15) is 4.98 Å². The van der Waals surface area contributed by atoms with Gasteiger partial charge in [-0.3, -0.25) is 0 Å². The Morgan fingerprint density at radius 1 is 0.960 bits per heavy atom. The van der Waals surface area contributed by atoms with Crippen LogP contribution in [-0.4, -0.2) is 16.7 Å². The highest BCUT2D eigenvalue weighted by Crippen LogP contribution is 2.14. The van der Waals surface area contributed by atoms with Crippen LogP contribution in [0.1, 0.15) is 28.4 Å². The molecule has 130 valence electrons. The zero-order chi connectivity index (χ0) is 17.5. The van der Waals surface area contributed by atoms with Gasteiger partial charge in [-0.1, -0.05) is 47.1 Å². The Hall–Kier alpha value is -2.66. The van der Waals surface area contributed by atoms with Crippen LogP contribution in [0.3, 0.4) is 0 Å². The van der Waals surface area contributed by atoms with Crippen molar-refractivity contribution in [3.63, 3.8) is 0 Å². The van der Waals surface area contributed by atoms with Crippen LogP contribution in [0.5, 0.6) is 5.75 Å². The molecular weight excluding hydrogens is 314 g/mol. The number of hydrogen-bond acceptors (Lipinski definition) is 5. The third-order valence-electron chi connectivity index (χ3n) is 3.86. The summed E-state index contributed by atoms with van der Waals surface area (Å²) in [6.45, 7) is 6.09. The van der Waals surface area contributed by atoms with Gasteiger partial charge < -0.3 is 14.6 Å². The largest absolute Gasteiger partial charge is 0.489 e. The number of nitrogens with one attached hydrogen (secondary N) is 1. The second kappa shape index (κ2) is 8.44. The molecule has 2 aromatic carbocycles. The summed E-state index contributed by atoms with van der Waals surface area (Å²) in [7, 11) is 0. The summed E-state index contributed by atoms with van der Waals surface area (Å²) in [5.74, 6) is 2.23. The molecule has 0 spiro atoms. The van der Waals surface area contributed by atoms with Crippen molar-refractivity contribution in [1.29, 1.82) is 0 Å². The molecule has 1 N–H and O–H groups in total. The number of aromatic nitrogens is 2. The summed E-state index contributed by atoms with van der Waals surface area (Å²) in [5, 5.41) is 7.15. The minimum atomic E-state index is 0.585. The van der Waals surface area contributed by atoms with E-state index in [9.17, 15) is 0 Å². The van der Waals surface area contributed by atoms with E-state index in [-0.39, 0.29) is 0 Å². The van der Waals surface area contributed by atoms with Gasteiger partial charge in [0.05, 0.1) is 0 Å². The van der Waals surface area contributed by atoms with E-state index >= 15 is 0 Å². The fraction of sp³-hybridized carbons (Fsp3) is 0.300. The number of nitrogens with zero attached hydrogens (tertiary/aromatic N) is 2. The third-order valence-corrected chi connectivity index (χ3v) is 3.86. The molecule has 0 saturated carbocycles. The number of benzene rings is 2. The Morgan fingerprint density at radius 2 is 1.68 bits per heavy atom. The molecule has 0 aliphatic heterocycles. The molecule has 0 amide bonds. The lowest BCUT2D eigenvalue weighted by Crippen LogP contribution is -2.16. The van der Waals surface area contributed by atoms with E-state index in [1.165, 1.54) is 16.7 Å². The van der Waals surface area contributed by atoms with Crippen molar-refractivity contribution in [2.24, 2.45) is 0 Å². The zero-order valence-corrected chi connectivity index (χ0v) is 14.7. The standard InChI is InChI=1S/C20H23N3O2/c1-15-3-5-18(6-4-15)14-24-19-9-7-17(8-10-19)13-21-12-11-20-22-16(2)23-25-20/h3-10,21H,11-14H2,1-2H3. The molecule has 0 radical (unpaired) electrons. The van der Waals surface area contributed by atoms with Crippen LogP contribution in [0.15, 0.2) is 53.1 Å². The molecule has 3 aromatic rings. The van der Waals surface area contributed by atoms with Crippen LogP contribution in [0.4, 0.5) is 0 Å². The average molecular weight is 337 g/mol. The number of aryl methyl sites for hydroxylation is 2. The molecule has 0 unspecified atom stereocenters. The van der Waals surface area contributed by atoms with Crippen LogP contribution in [-0.2, 0) is 19.6 Å². The Kier molecular flexibility index (Phi) is 5.80. The smallest absolute Gasteiger partial charge is 0.227 e. The van der Waals surface area contributed by atoms with Crippen molar-refractivity contribution in [2.75, 3.05) is 6.54 Å². The molecule has 0 atom stereocenters. The fourth-order valence-electron chi connectivity index (χ4n) is 2.42. The van der Waals surface area contributed by atoms with E-state index in [2.05, 4.69) is 58.8 Å². The Labute approximate surface area is 148 Å². The van der Waals surface area contributed by atoms with Gasteiger partial charge in [0.1, 0.15) is 12.4 Å². The van der Waals surface area contributed by atoms with Gasteiger partial charge in [0.15, 0.2) is 5.82 Å². The maximum absolute atomic E-state index is 5.82. The highest BCUT2D eigenvalue weighted by atomic mass is 16.5. The van der Waals surface area contributed by atoms with E-state index < -0.39 is 0 Å². The monoisotopic (exact) mass is 337 g/mol. The predicted molar refractivity (Wildman–Crippen MR) is 96.4 cm³/mol. The van der Waals surface area contributed by atoms with Gasteiger partial charge in [0.25, 0.3) is 0 Å². The second-order valence-corrected chi connectivity index (χ2v) is 6.08. The summed E-state index contributed by atoms with van der Waals surface area (Å²) in [5.41, 5.74) is 3.65. The SMILES string of the molecule is Cc1ccc(COc2ccc(CNCCc3nc(C)no3)cc2)cc1. The van der Waals surface area contributed by atoms with Crippen LogP contribution in [0.2, 0.25) is 0 Å². The van der Waals surface area contributed by atoms with Gasteiger partial charge >= 0.3 is 0 Å². The lowest BCUT2D eigenvalue weighted by molar-refractivity contribution is 0.306. The maximum atomic E-state index is 5.82. The minimum absolute atomic E-state index is 0.585. The molecule has 3 rings (SSSR count). The summed E-state index contributed by atoms with van der Waals surface area (Å²) >= 11 is 0. The molecule has 1 heterocycles. The molecule has 5 heteroatoms. The first-order valence-corrected chi connectivity index (χ1v) is 8.46. The van der Waals surface area contributed by atoms with Gasteiger partial charge in [-0.15, -0.1) is 0 Å². The first-order valence-electron chi connectivity index (χ1n) is 8.46. The summed E-state index contributed by atoms with van der Waals surface area (Å²) < 4.78 is 10.9. The van der Waals surface area contributed by atoms with Crippen molar-refractivity contribution in [2.45, 2.75) is 33.4 Å². The number of hydrogen-bond donors (Lipinski definition) is 1. The summed E-state index contributed by atoms with van der Waals surface area (Å²) in [4.78, 5) is 4.18. The molecular formula is C20H23N3O2. The third kappa shape index (κ3) is 5.43. The van der Waals surface area contributed by atoms with Gasteiger partial charge in [-0.05, 0) is 37.1 Å².